The number of thioether (sulfide) groups is 1. The highest BCUT2D eigenvalue weighted by molar-refractivity contribution is 8.00. The number of nitro groups is 1. The van der Waals surface area contributed by atoms with Crippen LogP contribution in [-0.2, 0) is 9.59 Å². The Morgan fingerprint density at radius 2 is 1.44 bits per heavy atom. The third-order valence-electron chi connectivity index (χ3n) is 5.78. The number of carbonyl (C=O) groups is 3. The summed E-state index contributed by atoms with van der Waals surface area (Å²) in [6.07, 6.45) is 1.27. The first-order valence-corrected chi connectivity index (χ1v) is 13.4. The number of nitrogens with one attached hydrogen (secondary N) is 3. The van der Waals surface area contributed by atoms with Gasteiger partial charge in [-0.05, 0) is 61.5 Å². The maximum Gasteiger partial charge on any atom is 0.276 e. The zero-order chi connectivity index (χ0) is 29.2. The Morgan fingerprint density at radius 1 is 0.805 bits per heavy atom. The van der Waals surface area contributed by atoms with E-state index < -0.39 is 22.0 Å². The highest BCUT2D eigenvalue weighted by atomic mass is 32.2. The zero-order valence-electron chi connectivity index (χ0n) is 21.9. The molecule has 0 bridgehead atoms. The first-order valence-electron chi connectivity index (χ1n) is 12.6. The number of anilines is 2. The van der Waals surface area contributed by atoms with Crippen LogP contribution in [0.25, 0.3) is 6.08 Å². The number of hydrogen-bond donors (Lipinski definition) is 3. The van der Waals surface area contributed by atoms with Crippen LogP contribution in [0, 0.1) is 10.1 Å². The van der Waals surface area contributed by atoms with E-state index in [4.69, 9.17) is 0 Å². The van der Waals surface area contributed by atoms with Crippen molar-refractivity contribution in [2.24, 2.45) is 0 Å². The lowest BCUT2D eigenvalue weighted by molar-refractivity contribution is -0.385. The predicted octanol–water partition coefficient (Wildman–Crippen LogP) is 6.12. The van der Waals surface area contributed by atoms with E-state index in [-0.39, 0.29) is 22.9 Å². The van der Waals surface area contributed by atoms with E-state index in [1.807, 2.05) is 24.3 Å². The molecule has 4 rings (SSSR count). The fourth-order valence-corrected chi connectivity index (χ4v) is 4.67. The summed E-state index contributed by atoms with van der Waals surface area (Å²) in [4.78, 5) is 50.6. The highest BCUT2D eigenvalue weighted by Gasteiger charge is 2.19. The van der Waals surface area contributed by atoms with Gasteiger partial charge in [-0.15, -0.1) is 11.8 Å². The van der Waals surface area contributed by atoms with Gasteiger partial charge in [0.05, 0.1) is 15.7 Å². The molecule has 3 N–H and O–H groups in total. The number of hydrogen-bond acceptors (Lipinski definition) is 6. The molecule has 0 fully saturated rings. The summed E-state index contributed by atoms with van der Waals surface area (Å²) < 4.78 is 0. The van der Waals surface area contributed by atoms with E-state index in [1.165, 1.54) is 36.0 Å². The van der Waals surface area contributed by atoms with Crippen molar-refractivity contribution in [1.29, 1.82) is 0 Å². The summed E-state index contributed by atoms with van der Waals surface area (Å²) in [5.74, 6) is -1.40. The maximum absolute atomic E-state index is 13.4. The lowest BCUT2D eigenvalue weighted by Gasteiger charge is -2.14. The molecule has 0 aromatic heterocycles. The monoisotopic (exact) mass is 566 g/mol. The molecule has 0 heterocycles. The van der Waals surface area contributed by atoms with E-state index in [1.54, 1.807) is 73.7 Å². The highest BCUT2D eigenvalue weighted by Crippen LogP contribution is 2.27. The topological polar surface area (TPSA) is 130 Å². The summed E-state index contributed by atoms with van der Waals surface area (Å²) in [7, 11) is 0. The average molecular weight is 567 g/mol. The molecule has 41 heavy (non-hydrogen) atoms. The van der Waals surface area contributed by atoms with E-state index in [0.29, 0.717) is 16.9 Å². The van der Waals surface area contributed by atoms with Crippen LogP contribution in [0.4, 0.5) is 17.1 Å². The predicted molar refractivity (Wildman–Crippen MR) is 160 cm³/mol. The fourth-order valence-electron chi connectivity index (χ4n) is 3.74. The van der Waals surface area contributed by atoms with E-state index in [2.05, 4.69) is 16.0 Å². The van der Waals surface area contributed by atoms with Gasteiger partial charge in [0.1, 0.15) is 5.70 Å². The molecule has 0 radical (unpaired) electrons. The van der Waals surface area contributed by atoms with Gasteiger partial charge < -0.3 is 16.0 Å². The molecule has 206 valence electrons. The Hall–Kier alpha value is -5.22. The van der Waals surface area contributed by atoms with E-state index in [9.17, 15) is 24.5 Å². The number of benzene rings is 4. The van der Waals surface area contributed by atoms with Crippen molar-refractivity contribution >= 4 is 52.6 Å². The molecule has 0 aliphatic rings. The number of rotatable bonds is 10. The molecule has 4 aromatic rings. The van der Waals surface area contributed by atoms with Crippen molar-refractivity contribution in [3.63, 3.8) is 0 Å². The number of para-hydroxylation sites is 2. The van der Waals surface area contributed by atoms with Crippen molar-refractivity contribution in [3.8, 4) is 0 Å². The van der Waals surface area contributed by atoms with Gasteiger partial charge in [0, 0.05) is 27.9 Å². The second kappa shape index (κ2) is 13.7. The number of nitrogens with zero attached hydrogens (tertiary/aromatic N) is 1. The minimum absolute atomic E-state index is 0.151. The van der Waals surface area contributed by atoms with Crippen LogP contribution in [0.3, 0.4) is 0 Å². The molecule has 1 unspecified atom stereocenters. The molecule has 0 saturated heterocycles. The third kappa shape index (κ3) is 8.13. The molecule has 10 heteroatoms. The Labute approximate surface area is 240 Å². The van der Waals surface area contributed by atoms with Gasteiger partial charge in [0.25, 0.3) is 17.5 Å². The smallest absolute Gasteiger partial charge is 0.276 e. The van der Waals surface area contributed by atoms with Crippen LogP contribution in [0.1, 0.15) is 22.8 Å². The van der Waals surface area contributed by atoms with Gasteiger partial charge in [-0.2, -0.15) is 0 Å². The molecule has 0 aliphatic heterocycles. The normalized spacial score (nSPS) is 11.7. The Morgan fingerprint density at radius 3 is 2.15 bits per heavy atom. The standard InChI is InChI=1S/C31H26N4O5S/c1-21(29(36)32-24-14-6-3-7-15-24)41-26-17-10-16-25(20-26)33-31(38)27(34-30(37)22-11-4-2-5-12-22)19-23-13-8-9-18-28(23)35(39)40/h2-21H,1H3,(H,32,36)(H,33,38)(H,34,37)/b27-19+. The number of nitro benzene ring substituents is 1. The third-order valence-corrected chi connectivity index (χ3v) is 6.87. The summed E-state index contributed by atoms with van der Waals surface area (Å²) in [5, 5.41) is 19.3. The lowest BCUT2D eigenvalue weighted by atomic mass is 10.1. The second-order valence-electron chi connectivity index (χ2n) is 8.79. The minimum atomic E-state index is -0.676. The molecule has 0 aliphatic carbocycles. The van der Waals surface area contributed by atoms with E-state index in [0.717, 1.165) is 4.90 Å². The number of carbonyl (C=O) groups excluding carboxylic acids is 3. The summed E-state index contributed by atoms with van der Waals surface area (Å²) in [6.45, 7) is 1.78. The van der Waals surface area contributed by atoms with Crippen LogP contribution in [0.5, 0.6) is 0 Å². The summed E-state index contributed by atoms with van der Waals surface area (Å²) >= 11 is 1.31. The SMILES string of the molecule is CC(Sc1cccc(NC(=O)/C(=C\c2ccccc2[N+](=O)[O-])NC(=O)c2ccccc2)c1)C(=O)Nc1ccccc1. The number of amides is 3. The summed E-state index contributed by atoms with van der Waals surface area (Å²) in [5.41, 5.74) is 1.18. The Bertz CT molecular complexity index is 1590. The van der Waals surface area contributed by atoms with Crippen molar-refractivity contribution < 1.29 is 19.3 Å². The van der Waals surface area contributed by atoms with Gasteiger partial charge >= 0.3 is 0 Å². The van der Waals surface area contributed by atoms with Crippen LogP contribution < -0.4 is 16.0 Å². The average Bonchev–Trinajstić information content (AvgIpc) is 2.98. The molecule has 1 atom stereocenters. The van der Waals surface area contributed by atoms with Gasteiger partial charge in [-0.1, -0.05) is 54.6 Å². The van der Waals surface area contributed by atoms with Gasteiger partial charge in [-0.25, -0.2) is 0 Å². The molecule has 3 amide bonds. The summed E-state index contributed by atoms with van der Waals surface area (Å²) in [6, 6.07) is 30.3. The molecule has 9 nitrogen and oxygen atoms in total. The van der Waals surface area contributed by atoms with Crippen LogP contribution in [-0.4, -0.2) is 27.9 Å². The van der Waals surface area contributed by atoms with Crippen LogP contribution in [0.15, 0.2) is 120 Å². The minimum Gasteiger partial charge on any atom is -0.325 e. The quantitative estimate of drug-likeness (QED) is 0.0917. The second-order valence-corrected chi connectivity index (χ2v) is 10.2. The van der Waals surface area contributed by atoms with Crippen molar-refractivity contribution in [1.82, 2.24) is 5.32 Å². The first kappa shape index (κ1) is 28.8. The van der Waals surface area contributed by atoms with Gasteiger partial charge in [0.15, 0.2) is 0 Å². The van der Waals surface area contributed by atoms with Crippen molar-refractivity contribution in [2.75, 3.05) is 10.6 Å². The zero-order valence-corrected chi connectivity index (χ0v) is 22.8. The lowest BCUT2D eigenvalue weighted by Crippen LogP contribution is -2.30. The maximum atomic E-state index is 13.4. The van der Waals surface area contributed by atoms with Crippen LogP contribution in [0.2, 0.25) is 0 Å². The molecule has 4 aromatic carbocycles. The first-order chi connectivity index (χ1) is 19.8. The molecule has 0 saturated carbocycles. The Balaban J connectivity index is 1.53. The fraction of sp³-hybridized carbons (Fsp3) is 0.0645. The van der Waals surface area contributed by atoms with E-state index >= 15 is 0 Å². The van der Waals surface area contributed by atoms with Crippen molar-refractivity contribution in [3.05, 3.63) is 136 Å². The molecular weight excluding hydrogens is 540 g/mol. The largest absolute Gasteiger partial charge is 0.325 e. The molecule has 0 spiro atoms. The van der Waals surface area contributed by atoms with Gasteiger partial charge in [0.2, 0.25) is 5.91 Å². The molecular formula is C31H26N4O5S. The van der Waals surface area contributed by atoms with Crippen molar-refractivity contribution in [2.45, 2.75) is 17.1 Å². The van der Waals surface area contributed by atoms with Gasteiger partial charge in [-0.3, -0.25) is 24.5 Å². The van der Waals surface area contributed by atoms with Crippen LogP contribution >= 0.6 is 11.8 Å². The Kier molecular flexibility index (Phi) is 9.63.